The van der Waals surface area contributed by atoms with Gasteiger partial charge in [-0.05, 0) is 6.92 Å². The number of aromatic nitrogens is 3. The van der Waals surface area contributed by atoms with Crippen LogP contribution in [0, 0.1) is 6.92 Å². The Bertz CT molecular complexity index is 553. The van der Waals surface area contributed by atoms with Gasteiger partial charge < -0.3 is 28.7 Å². The Morgan fingerprint density at radius 1 is 0.680 bits per heavy atom. The van der Waals surface area contributed by atoms with E-state index in [-0.39, 0.29) is 24.4 Å². The summed E-state index contributed by atoms with van der Waals surface area (Å²) in [7, 11) is 0. The van der Waals surface area contributed by atoms with E-state index in [2.05, 4.69) is 19.8 Å². The topological polar surface area (TPSA) is 95.3 Å². The molecule has 0 radical (unpaired) electrons. The molecule has 3 unspecified atom stereocenters. The van der Waals surface area contributed by atoms with E-state index in [1.54, 1.807) is 0 Å². The highest BCUT2D eigenvalue weighted by Gasteiger charge is 2.34. The van der Waals surface area contributed by atoms with Crippen LogP contribution in [0.25, 0.3) is 0 Å². The highest BCUT2D eigenvalue weighted by molar-refractivity contribution is 5.40. The van der Waals surface area contributed by atoms with Crippen LogP contribution in [0.1, 0.15) is 5.82 Å². The molecule has 0 spiro atoms. The van der Waals surface area contributed by atoms with Gasteiger partial charge in [-0.3, -0.25) is 0 Å². The van der Waals surface area contributed by atoms with Gasteiger partial charge >= 0.3 is 0 Å². The van der Waals surface area contributed by atoms with Crippen molar-refractivity contribution in [3.05, 3.63) is 5.82 Å². The van der Waals surface area contributed by atoms with Crippen LogP contribution in [0.15, 0.2) is 0 Å². The molecule has 1 aromatic rings. The normalized spacial score (nSPS) is 31.6. The van der Waals surface area contributed by atoms with Crippen molar-refractivity contribution in [2.45, 2.75) is 31.3 Å². The Morgan fingerprint density at radius 3 is 1.28 bits per heavy atom. The van der Waals surface area contributed by atoms with E-state index < -0.39 is 0 Å². The number of hydrogen-bond acceptors (Lipinski definition) is 9. The number of hydrogen-bond donors (Lipinski definition) is 0. The van der Waals surface area contributed by atoms with E-state index in [1.165, 1.54) is 0 Å². The van der Waals surface area contributed by atoms with Gasteiger partial charge in [-0.15, -0.1) is 0 Å². The highest BCUT2D eigenvalue weighted by atomic mass is 16.6. The van der Waals surface area contributed by atoms with Crippen molar-refractivity contribution in [2.75, 3.05) is 62.4 Å². The molecule has 25 heavy (non-hydrogen) atoms. The smallest absolute Gasteiger partial charge is 0.230 e. The minimum atomic E-state index is 0.273. The lowest BCUT2D eigenvalue weighted by Crippen LogP contribution is -2.36. The number of ether oxygens (including phenoxy) is 4. The Kier molecular flexibility index (Phi) is 3.96. The summed E-state index contributed by atoms with van der Waals surface area (Å²) in [6, 6.07) is 0. The third kappa shape index (κ3) is 4.35. The summed E-state index contributed by atoms with van der Waals surface area (Å²) in [5.74, 6) is 2.12. The van der Waals surface area contributed by atoms with Crippen LogP contribution in [-0.4, -0.2) is 92.0 Å². The Morgan fingerprint density at radius 2 is 1.00 bits per heavy atom. The number of nitrogens with zero attached hydrogens (tertiary/aromatic N) is 5. The van der Waals surface area contributed by atoms with Gasteiger partial charge in [0.1, 0.15) is 5.82 Å². The lowest BCUT2D eigenvalue weighted by molar-refractivity contribution is 0.385. The molecule has 0 amide bonds. The van der Waals surface area contributed by atoms with Crippen LogP contribution < -0.4 is 9.80 Å². The zero-order valence-electron chi connectivity index (χ0n) is 14.3. The van der Waals surface area contributed by atoms with E-state index >= 15 is 0 Å². The van der Waals surface area contributed by atoms with Crippen molar-refractivity contribution >= 4 is 11.9 Å². The van der Waals surface area contributed by atoms with Crippen molar-refractivity contribution in [1.29, 1.82) is 0 Å². The standard InChI is InChI=1S/C16H23N5O4/c1-10-17-15(20(2-11-6-22-11)3-12-7-23-12)19-16(18-10)21(4-13-8-24-13)5-14-9-25-14/h11-14H,2-9H2,1H3/t11-,12?,13?,14?/m0/s1. The van der Waals surface area contributed by atoms with Crippen LogP contribution in [-0.2, 0) is 18.9 Å². The molecule has 9 heteroatoms. The lowest BCUT2D eigenvalue weighted by Gasteiger charge is -2.25. The van der Waals surface area contributed by atoms with Gasteiger partial charge in [-0.25, -0.2) is 0 Å². The average molecular weight is 349 g/mol. The molecule has 4 aliphatic rings. The number of aryl methyl sites for hydroxylation is 1. The van der Waals surface area contributed by atoms with Crippen LogP contribution in [0.2, 0.25) is 0 Å². The number of epoxide rings is 4. The minimum Gasteiger partial charge on any atom is -0.371 e. The third-order valence-corrected chi connectivity index (χ3v) is 4.59. The van der Waals surface area contributed by atoms with Gasteiger partial charge in [0.2, 0.25) is 11.9 Å². The second kappa shape index (κ2) is 6.31. The molecular weight excluding hydrogens is 326 g/mol. The summed E-state index contributed by atoms with van der Waals surface area (Å²) < 4.78 is 21.6. The Balaban J connectivity index is 1.38. The first-order chi connectivity index (χ1) is 12.2. The van der Waals surface area contributed by atoms with Crippen molar-refractivity contribution in [2.24, 2.45) is 0 Å². The highest BCUT2D eigenvalue weighted by Crippen LogP contribution is 2.24. The lowest BCUT2D eigenvalue weighted by atomic mass is 10.3. The van der Waals surface area contributed by atoms with Gasteiger partial charge in [0.05, 0.1) is 50.8 Å². The maximum Gasteiger partial charge on any atom is 0.230 e. The van der Waals surface area contributed by atoms with Crippen LogP contribution in [0.3, 0.4) is 0 Å². The molecule has 9 nitrogen and oxygen atoms in total. The summed E-state index contributed by atoms with van der Waals surface area (Å²) in [6.45, 7) is 8.31. The van der Waals surface area contributed by atoms with Gasteiger partial charge in [-0.2, -0.15) is 15.0 Å². The van der Waals surface area contributed by atoms with E-state index in [0.717, 1.165) is 58.4 Å². The predicted octanol–water partition coefficient (Wildman–Crippen LogP) is -0.612. The summed E-state index contributed by atoms with van der Waals surface area (Å²) in [4.78, 5) is 18.2. The van der Waals surface area contributed by atoms with Gasteiger partial charge in [0.15, 0.2) is 0 Å². The molecule has 1 aromatic heterocycles. The summed E-state index contributed by atoms with van der Waals surface area (Å²) in [6.07, 6.45) is 1.09. The molecule has 4 saturated heterocycles. The molecule has 0 saturated carbocycles. The molecule has 0 bridgehead atoms. The van der Waals surface area contributed by atoms with E-state index in [0.29, 0.717) is 11.9 Å². The fraction of sp³-hybridized carbons (Fsp3) is 0.812. The number of anilines is 2. The number of rotatable bonds is 10. The van der Waals surface area contributed by atoms with Crippen LogP contribution in [0.5, 0.6) is 0 Å². The molecule has 5 rings (SSSR count). The first-order valence-electron chi connectivity index (χ1n) is 8.92. The van der Waals surface area contributed by atoms with E-state index in [1.807, 2.05) is 6.92 Å². The molecule has 4 aliphatic heterocycles. The fourth-order valence-electron chi connectivity index (χ4n) is 2.89. The van der Waals surface area contributed by atoms with Crippen LogP contribution in [0.4, 0.5) is 11.9 Å². The quantitative estimate of drug-likeness (QED) is 0.512. The molecule has 4 atom stereocenters. The zero-order valence-corrected chi connectivity index (χ0v) is 14.3. The molecule has 5 heterocycles. The molecule has 0 aliphatic carbocycles. The second-order valence-electron chi connectivity index (χ2n) is 7.11. The molecular formula is C16H23N5O4. The first kappa shape index (κ1) is 15.7. The van der Waals surface area contributed by atoms with Crippen molar-refractivity contribution < 1.29 is 18.9 Å². The fourth-order valence-corrected chi connectivity index (χ4v) is 2.89. The Labute approximate surface area is 146 Å². The van der Waals surface area contributed by atoms with Gasteiger partial charge in [0, 0.05) is 26.2 Å². The molecule has 0 N–H and O–H groups in total. The van der Waals surface area contributed by atoms with Crippen LogP contribution >= 0.6 is 0 Å². The van der Waals surface area contributed by atoms with Crippen molar-refractivity contribution in [3.63, 3.8) is 0 Å². The second-order valence-corrected chi connectivity index (χ2v) is 7.11. The van der Waals surface area contributed by atoms with Gasteiger partial charge in [0.25, 0.3) is 0 Å². The first-order valence-corrected chi connectivity index (χ1v) is 8.92. The van der Waals surface area contributed by atoms with Crippen molar-refractivity contribution in [3.8, 4) is 0 Å². The van der Waals surface area contributed by atoms with Crippen molar-refractivity contribution in [1.82, 2.24) is 15.0 Å². The monoisotopic (exact) mass is 349 g/mol. The maximum absolute atomic E-state index is 5.40. The zero-order chi connectivity index (χ0) is 16.8. The summed E-state index contributed by atoms with van der Waals surface area (Å²) in [5.41, 5.74) is 0. The largest absolute Gasteiger partial charge is 0.371 e. The Hall–Kier alpha value is -1.55. The van der Waals surface area contributed by atoms with Gasteiger partial charge in [-0.1, -0.05) is 0 Å². The minimum absolute atomic E-state index is 0.273. The molecule has 4 fully saturated rings. The molecule has 136 valence electrons. The SMILES string of the molecule is Cc1nc(N(CC2CO2)CC2CO2)nc(N(CC2CO2)C[C@H]2CO2)n1. The predicted molar refractivity (Wildman–Crippen MR) is 88.0 cm³/mol. The maximum atomic E-state index is 5.40. The van der Waals surface area contributed by atoms with E-state index in [9.17, 15) is 0 Å². The average Bonchev–Trinajstić information content (AvgIpc) is 3.44. The molecule has 0 aromatic carbocycles. The third-order valence-electron chi connectivity index (χ3n) is 4.59. The van der Waals surface area contributed by atoms with E-state index in [4.69, 9.17) is 23.9 Å². The summed E-state index contributed by atoms with van der Waals surface area (Å²) in [5, 5.41) is 0. The summed E-state index contributed by atoms with van der Waals surface area (Å²) >= 11 is 0.